The number of aromatic nitrogens is 3. The molecule has 3 rings (SSSR count). The van der Waals surface area contributed by atoms with Gasteiger partial charge in [-0.3, -0.25) is 5.32 Å². The van der Waals surface area contributed by atoms with E-state index in [0.717, 1.165) is 12.5 Å². The normalized spacial score (nSPS) is 15.8. The summed E-state index contributed by atoms with van der Waals surface area (Å²) in [6.45, 7) is 7.50. The molecule has 1 aliphatic carbocycles. The first-order valence-corrected chi connectivity index (χ1v) is 12.6. The number of anilines is 1. The summed E-state index contributed by atoms with van der Waals surface area (Å²) in [5.41, 5.74) is -6.07. The summed E-state index contributed by atoms with van der Waals surface area (Å²) in [7, 11) is 0. The molecule has 0 saturated carbocycles. The highest BCUT2D eigenvalue weighted by molar-refractivity contribution is 9.10. The third kappa shape index (κ3) is 7.30. The predicted octanol–water partition coefficient (Wildman–Crippen LogP) is 7.89. The Morgan fingerprint density at radius 2 is 1.88 bits per heavy atom. The van der Waals surface area contributed by atoms with Gasteiger partial charge in [0.2, 0.25) is 5.60 Å². The number of allylic oxidation sites excluding steroid dienone is 2. The second kappa shape index (κ2) is 11.7. The maximum Gasteiger partial charge on any atom is 0.426 e. The minimum Gasteiger partial charge on any atom is -0.444 e. The van der Waals surface area contributed by atoms with Crippen LogP contribution in [0.4, 0.5) is 36.8 Å². The fraction of sp³-hybridized carbons (Fsp3) is 0.440. The van der Waals surface area contributed by atoms with Crippen LogP contribution in [0.15, 0.2) is 51.5 Å². The summed E-state index contributed by atoms with van der Waals surface area (Å²) in [5, 5.41) is 9.25. The lowest BCUT2D eigenvalue weighted by molar-refractivity contribution is -0.289. The van der Waals surface area contributed by atoms with Crippen molar-refractivity contribution >= 4 is 27.7 Å². The molecule has 218 valence electrons. The van der Waals surface area contributed by atoms with Crippen LogP contribution < -0.4 is 5.32 Å². The molecule has 2 aromatic heterocycles. The molecule has 1 amide bonds. The van der Waals surface area contributed by atoms with Crippen molar-refractivity contribution < 1.29 is 45.0 Å². The second-order valence-corrected chi connectivity index (χ2v) is 10.4. The monoisotopic (exact) mass is 638 g/mol. The molecule has 15 heteroatoms. The van der Waals surface area contributed by atoms with Crippen LogP contribution in [-0.2, 0) is 21.3 Å². The molecule has 0 saturated heterocycles. The Bertz CT molecular complexity index is 1310. The molecule has 2 aromatic rings. The zero-order chi connectivity index (χ0) is 29.9. The molecule has 2 heterocycles. The molecular formula is C25H25BrF6N4O4. The standard InChI is InChI=1S/C25H25BrF6N4O4/c1-5-11-23(25(30,31)32,38-13-14-9-7-6-8-10-14)20-36-35-19(39-20)17-16(33-21(37)40-22(2,3)4)12-15(18(26)34-17)24(27,28)29/h5,7,9-10,12H,1,6,8,11,13H2,2-4H3,(H,33,37). The number of amides is 1. The van der Waals surface area contributed by atoms with Crippen LogP contribution in [0.5, 0.6) is 0 Å². The van der Waals surface area contributed by atoms with Gasteiger partial charge in [-0.15, -0.1) is 16.8 Å². The van der Waals surface area contributed by atoms with Gasteiger partial charge in [0.1, 0.15) is 10.2 Å². The highest BCUT2D eigenvalue weighted by Gasteiger charge is 2.61. The summed E-state index contributed by atoms with van der Waals surface area (Å²) in [4.78, 5) is 16.1. The average molecular weight is 639 g/mol. The summed E-state index contributed by atoms with van der Waals surface area (Å²) in [6, 6.07) is 0.513. The zero-order valence-corrected chi connectivity index (χ0v) is 23.1. The third-order valence-electron chi connectivity index (χ3n) is 5.34. The van der Waals surface area contributed by atoms with E-state index in [1.54, 1.807) is 18.2 Å². The fourth-order valence-electron chi connectivity index (χ4n) is 3.55. The molecule has 0 radical (unpaired) electrons. The molecule has 1 unspecified atom stereocenters. The Morgan fingerprint density at radius 3 is 2.42 bits per heavy atom. The number of carbonyl (C=O) groups is 1. The Morgan fingerprint density at radius 1 is 1.18 bits per heavy atom. The number of ether oxygens (including phenoxy) is 2. The van der Waals surface area contributed by atoms with Crippen LogP contribution in [0.1, 0.15) is 51.5 Å². The maximum absolute atomic E-state index is 14.5. The largest absolute Gasteiger partial charge is 0.444 e. The van der Waals surface area contributed by atoms with E-state index in [1.165, 1.54) is 20.8 Å². The summed E-state index contributed by atoms with van der Waals surface area (Å²) in [6.07, 6.45) is -4.46. The Labute approximate surface area is 233 Å². The van der Waals surface area contributed by atoms with Gasteiger partial charge in [0, 0.05) is 6.42 Å². The quantitative estimate of drug-likeness (QED) is 0.178. The van der Waals surface area contributed by atoms with Crippen LogP contribution in [0.2, 0.25) is 0 Å². The van der Waals surface area contributed by atoms with Crippen LogP contribution in [0, 0.1) is 0 Å². The van der Waals surface area contributed by atoms with Crippen LogP contribution in [0.3, 0.4) is 0 Å². The van der Waals surface area contributed by atoms with E-state index in [-0.39, 0.29) is 0 Å². The fourth-order valence-corrected chi connectivity index (χ4v) is 4.07. The summed E-state index contributed by atoms with van der Waals surface area (Å²) < 4.78 is 99.3. The lowest BCUT2D eigenvalue weighted by Crippen LogP contribution is -2.45. The molecular weight excluding hydrogens is 614 g/mol. The van der Waals surface area contributed by atoms with Crippen molar-refractivity contribution in [2.24, 2.45) is 0 Å². The predicted molar refractivity (Wildman–Crippen MR) is 135 cm³/mol. The number of rotatable bonds is 8. The number of nitrogens with zero attached hydrogens (tertiary/aromatic N) is 3. The summed E-state index contributed by atoms with van der Waals surface area (Å²) in [5.74, 6) is -1.75. The van der Waals surface area contributed by atoms with Crippen molar-refractivity contribution in [3.8, 4) is 11.6 Å². The number of halogens is 7. The minimum absolute atomic E-state index is 0.447. The molecule has 1 aliphatic rings. The SMILES string of the molecule is C=CCC(OCC1=CCCC=C1)(c1nnc(-c2nc(Br)c(C(F)(F)F)cc2NC(=O)OC(C)(C)C)o1)C(F)(F)F. The van der Waals surface area contributed by atoms with Crippen LogP contribution in [-0.4, -0.2) is 39.7 Å². The van der Waals surface area contributed by atoms with Gasteiger partial charge in [0.25, 0.3) is 11.8 Å². The van der Waals surface area contributed by atoms with Crippen molar-refractivity contribution in [2.45, 2.75) is 63.6 Å². The maximum atomic E-state index is 14.5. The third-order valence-corrected chi connectivity index (χ3v) is 5.94. The first-order chi connectivity index (χ1) is 18.5. The van der Waals surface area contributed by atoms with Crippen molar-refractivity contribution in [3.63, 3.8) is 0 Å². The van der Waals surface area contributed by atoms with E-state index < -0.39 is 76.0 Å². The number of carbonyl (C=O) groups excluding carboxylic acids is 1. The lowest BCUT2D eigenvalue weighted by Gasteiger charge is -2.32. The van der Waals surface area contributed by atoms with E-state index in [2.05, 4.69) is 43.0 Å². The van der Waals surface area contributed by atoms with Crippen molar-refractivity contribution in [1.82, 2.24) is 15.2 Å². The molecule has 0 aliphatic heterocycles. The van der Waals surface area contributed by atoms with Gasteiger partial charge in [-0.05, 0) is 61.2 Å². The van der Waals surface area contributed by atoms with Gasteiger partial charge in [0.05, 0.1) is 17.9 Å². The number of nitrogens with one attached hydrogen (secondary N) is 1. The van der Waals surface area contributed by atoms with E-state index in [9.17, 15) is 31.1 Å². The second-order valence-electron chi connectivity index (χ2n) is 9.62. The van der Waals surface area contributed by atoms with Crippen molar-refractivity contribution in [1.29, 1.82) is 0 Å². The smallest absolute Gasteiger partial charge is 0.426 e. The number of hydrogen-bond donors (Lipinski definition) is 1. The molecule has 40 heavy (non-hydrogen) atoms. The number of hydrogen-bond acceptors (Lipinski definition) is 7. The van der Waals surface area contributed by atoms with Crippen molar-refractivity contribution in [3.05, 3.63) is 58.6 Å². The Hall–Kier alpha value is -3.20. The van der Waals surface area contributed by atoms with Crippen LogP contribution >= 0.6 is 15.9 Å². The van der Waals surface area contributed by atoms with E-state index in [4.69, 9.17) is 13.9 Å². The topological polar surface area (TPSA) is 99.4 Å². The van der Waals surface area contributed by atoms with Crippen molar-refractivity contribution in [2.75, 3.05) is 11.9 Å². The number of pyridine rings is 1. The molecule has 0 spiro atoms. The van der Waals surface area contributed by atoms with Gasteiger partial charge in [-0.2, -0.15) is 26.3 Å². The summed E-state index contributed by atoms with van der Waals surface area (Å²) >= 11 is 2.71. The van der Waals surface area contributed by atoms with E-state index in [1.807, 2.05) is 0 Å². The van der Waals surface area contributed by atoms with E-state index in [0.29, 0.717) is 18.1 Å². The molecule has 1 N–H and O–H groups in total. The van der Waals surface area contributed by atoms with Crippen LogP contribution in [0.25, 0.3) is 11.6 Å². The molecule has 1 atom stereocenters. The molecule has 0 fully saturated rings. The highest BCUT2D eigenvalue weighted by atomic mass is 79.9. The highest BCUT2D eigenvalue weighted by Crippen LogP contribution is 2.46. The lowest BCUT2D eigenvalue weighted by atomic mass is 9.98. The zero-order valence-electron chi connectivity index (χ0n) is 21.5. The average Bonchev–Trinajstić information content (AvgIpc) is 3.31. The molecule has 0 bridgehead atoms. The number of alkyl halides is 6. The first kappa shape index (κ1) is 31.3. The Balaban J connectivity index is 2.11. The molecule has 0 aromatic carbocycles. The molecule has 8 nitrogen and oxygen atoms in total. The van der Waals surface area contributed by atoms with Gasteiger partial charge >= 0.3 is 18.4 Å². The van der Waals surface area contributed by atoms with Gasteiger partial charge in [0.15, 0.2) is 5.69 Å². The minimum atomic E-state index is -5.07. The van der Waals surface area contributed by atoms with E-state index >= 15 is 0 Å². The van der Waals surface area contributed by atoms with Gasteiger partial charge in [-0.1, -0.05) is 24.3 Å². The first-order valence-electron chi connectivity index (χ1n) is 11.8. The van der Waals surface area contributed by atoms with Gasteiger partial charge in [-0.25, -0.2) is 9.78 Å². The van der Waals surface area contributed by atoms with Gasteiger partial charge < -0.3 is 13.9 Å². The Kier molecular flexibility index (Phi) is 9.19.